The lowest BCUT2D eigenvalue weighted by molar-refractivity contribution is 0.119. The standard InChI is InChI=1S/C9H19NO2S/c1-8(2)5-9(6-8,7-10-3)13(4,11)12/h10H,5-7H2,1-4H3. The topological polar surface area (TPSA) is 46.2 Å². The van der Waals surface area contributed by atoms with Crippen molar-refractivity contribution in [1.82, 2.24) is 5.32 Å². The molecule has 0 aromatic rings. The maximum Gasteiger partial charge on any atom is 0.154 e. The molecule has 1 fully saturated rings. The van der Waals surface area contributed by atoms with E-state index in [9.17, 15) is 8.42 Å². The molecule has 3 nitrogen and oxygen atoms in total. The number of nitrogens with one attached hydrogen (secondary N) is 1. The van der Waals surface area contributed by atoms with Gasteiger partial charge in [-0.3, -0.25) is 0 Å². The van der Waals surface area contributed by atoms with Gasteiger partial charge in [-0.2, -0.15) is 0 Å². The van der Waals surface area contributed by atoms with E-state index in [4.69, 9.17) is 0 Å². The maximum absolute atomic E-state index is 11.6. The quantitative estimate of drug-likeness (QED) is 0.741. The Balaban J connectivity index is 2.84. The van der Waals surface area contributed by atoms with Crippen LogP contribution in [0.25, 0.3) is 0 Å². The molecule has 0 spiro atoms. The van der Waals surface area contributed by atoms with Gasteiger partial charge in [0.1, 0.15) is 0 Å². The first-order chi connectivity index (χ1) is 5.72. The smallest absolute Gasteiger partial charge is 0.154 e. The summed E-state index contributed by atoms with van der Waals surface area (Å²) in [5, 5.41) is 2.98. The molecule has 1 rings (SSSR count). The van der Waals surface area contributed by atoms with E-state index in [0.29, 0.717) is 6.54 Å². The Bertz CT molecular complexity index is 285. The summed E-state index contributed by atoms with van der Waals surface area (Å²) in [6.07, 6.45) is 2.90. The van der Waals surface area contributed by atoms with Gasteiger partial charge in [0, 0.05) is 12.8 Å². The summed E-state index contributed by atoms with van der Waals surface area (Å²) in [5.74, 6) is 0. The van der Waals surface area contributed by atoms with Crippen LogP contribution in [0.3, 0.4) is 0 Å². The van der Waals surface area contributed by atoms with Crippen molar-refractivity contribution in [1.29, 1.82) is 0 Å². The van der Waals surface area contributed by atoms with Crippen LogP contribution in [-0.4, -0.2) is 33.0 Å². The minimum Gasteiger partial charge on any atom is -0.318 e. The fourth-order valence-corrected chi connectivity index (χ4v) is 4.25. The Kier molecular flexibility index (Phi) is 2.50. The zero-order valence-electron chi connectivity index (χ0n) is 8.85. The molecule has 0 amide bonds. The van der Waals surface area contributed by atoms with Crippen LogP contribution in [0.2, 0.25) is 0 Å². The van der Waals surface area contributed by atoms with Crippen molar-refractivity contribution in [3.8, 4) is 0 Å². The monoisotopic (exact) mass is 205 g/mol. The van der Waals surface area contributed by atoms with Crippen molar-refractivity contribution < 1.29 is 8.42 Å². The molecule has 0 saturated heterocycles. The SMILES string of the molecule is CNCC1(S(C)(=O)=O)CC(C)(C)C1. The number of rotatable bonds is 3. The Morgan fingerprint density at radius 2 is 1.77 bits per heavy atom. The van der Waals surface area contributed by atoms with E-state index in [-0.39, 0.29) is 5.41 Å². The summed E-state index contributed by atoms with van der Waals surface area (Å²) in [6, 6.07) is 0. The molecule has 0 heterocycles. The van der Waals surface area contributed by atoms with E-state index in [1.807, 2.05) is 0 Å². The molecule has 4 heteroatoms. The molecule has 0 unspecified atom stereocenters. The molecule has 0 aliphatic heterocycles. The molecule has 78 valence electrons. The molecule has 0 atom stereocenters. The summed E-state index contributed by atoms with van der Waals surface area (Å²) < 4.78 is 22.7. The van der Waals surface area contributed by atoms with Crippen LogP contribution in [0.5, 0.6) is 0 Å². The van der Waals surface area contributed by atoms with Gasteiger partial charge < -0.3 is 5.32 Å². The largest absolute Gasteiger partial charge is 0.318 e. The molecule has 1 aliphatic carbocycles. The first-order valence-corrected chi connectivity index (χ1v) is 6.46. The molecular weight excluding hydrogens is 186 g/mol. The average molecular weight is 205 g/mol. The normalized spacial score (nSPS) is 25.2. The highest BCUT2D eigenvalue weighted by Crippen LogP contribution is 2.51. The lowest BCUT2D eigenvalue weighted by atomic mass is 9.64. The molecule has 0 bridgehead atoms. The van der Waals surface area contributed by atoms with E-state index in [2.05, 4.69) is 19.2 Å². The van der Waals surface area contributed by atoms with Crippen LogP contribution < -0.4 is 5.32 Å². The summed E-state index contributed by atoms with van der Waals surface area (Å²) in [5.41, 5.74) is 0.194. The minimum absolute atomic E-state index is 0.194. The van der Waals surface area contributed by atoms with Crippen molar-refractivity contribution in [2.75, 3.05) is 19.8 Å². The average Bonchev–Trinajstić information content (AvgIpc) is 1.80. The summed E-state index contributed by atoms with van der Waals surface area (Å²) >= 11 is 0. The molecule has 0 aromatic carbocycles. The zero-order valence-corrected chi connectivity index (χ0v) is 9.66. The van der Waals surface area contributed by atoms with Gasteiger partial charge in [-0.05, 0) is 25.3 Å². The van der Waals surface area contributed by atoms with Crippen molar-refractivity contribution in [2.45, 2.75) is 31.4 Å². The second kappa shape index (κ2) is 2.95. The second-order valence-electron chi connectivity index (χ2n) is 5.00. The van der Waals surface area contributed by atoms with Gasteiger partial charge in [0.15, 0.2) is 9.84 Å². The molecule has 13 heavy (non-hydrogen) atoms. The second-order valence-corrected chi connectivity index (χ2v) is 7.41. The van der Waals surface area contributed by atoms with Gasteiger partial charge in [-0.15, -0.1) is 0 Å². The van der Waals surface area contributed by atoms with Crippen LogP contribution in [0.4, 0.5) is 0 Å². The van der Waals surface area contributed by atoms with Gasteiger partial charge in [-0.25, -0.2) is 8.42 Å². The van der Waals surface area contributed by atoms with E-state index in [1.54, 1.807) is 7.05 Å². The van der Waals surface area contributed by atoms with Crippen molar-refractivity contribution in [2.24, 2.45) is 5.41 Å². The van der Waals surface area contributed by atoms with Crippen molar-refractivity contribution in [3.05, 3.63) is 0 Å². The molecular formula is C9H19NO2S. The predicted octanol–water partition coefficient (Wildman–Crippen LogP) is 0.809. The predicted molar refractivity (Wildman–Crippen MR) is 54.5 cm³/mol. The highest BCUT2D eigenvalue weighted by atomic mass is 32.2. The maximum atomic E-state index is 11.6. The lowest BCUT2D eigenvalue weighted by Gasteiger charge is -2.51. The lowest BCUT2D eigenvalue weighted by Crippen LogP contribution is -2.58. The highest BCUT2D eigenvalue weighted by molar-refractivity contribution is 7.92. The summed E-state index contributed by atoms with van der Waals surface area (Å²) in [4.78, 5) is 0. The van der Waals surface area contributed by atoms with E-state index >= 15 is 0 Å². The Labute approximate surface area is 80.8 Å². The Hall–Kier alpha value is -0.0900. The van der Waals surface area contributed by atoms with Crippen LogP contribution >= 0.6 is 0 Å². The van der Waals surface area contributed by atoms with Crippen LogP contribution in [0.1, 0.15) is 26.7 Å². The fourth-order valence-electron chi connectivity index (χ4n) is 2.53. The van der Waals surface area contributed by atoms with Crippen LogP contribution in [0, 0.1) is 5.41 Å². The molecule has 0 aromatic heterocycles. The van der Waals surface area contributed by atoms with Gasteiger partial charge in [0.2, 0.25) is 0 Å². The zero-order chi connectivity index (χ0) is 10.3. The third-order valence-electron chi connectivity index (χ3n) is 2.89. The molecule has 1 saturated carbocycles. The van der Waals surface area contributed by atoms with Crippen LogP contribution in [0.15, 0.2) is 0 Å². The first kappa shape index (κ1) is 11.0. The van der Waals surface area contributed by atoms with Gasteiger partial charge in [0.05, 0.1) is 4.75 Å². The minimum atomic E-state index is -2.92. The third-order valence-corrected chi connectivity index (χ3v) is 4.89. The molecule has 0 radical (unpaired) electrons. The fraction of sp³-hybridized carbons (Fsp3) is 1.00. The van der Waals surface area contributed by atoms with E-state index < -0.39 is 14.6 Å². The van der Waals surface area contributed by atoms with Crippen molar-refractivity contribution in [3.63, 3.8) is 0 Å². The highest BCUT2D eigenvalue weighted by Gasteiger charge is 2.55. The van der Waals surface area contributed by atoms with Gasteiger partial charge in [-0.1, -0.05) is 13.8 Å². The molecule has 1 N–H and O–H groups in total. The third kappa shape index (κ3) is 1.89. The first-order valence-electron chi connectivity index (χ1n) is 4.57. The Morgan fingerprint density at radius 1 is 1.31 bits per heavy atom. The number of hydrogen-bond acceptors (Lipinski definition) is 3. The van der Waals surface area contributed by atoms with Gasteiger partial charge in [0.25, 0.3) is 0 Å². The van der Waals surface area contributed by atoms with Crippen LogP contribution in [-0.2, 0) is 9.84 Å². The summed E-state index contributed by atoms with van der Waals surface area (Å²) in [7, 11) is -1.12. The Morgan fingerprint density at radius 3 is 2.00 bits per heavy atom. The van der Waals surface area contributed by atoms with E-state index in [1.165, 1.54) is 6.26 Å². The summed E-state index contributed by atoms with van der Waals surface area (Å²) in [6.45, 7) is 4.81. The number of sulfone groups is 1. The van der Waals surface area contributed by atoms with Gasteiger partial charge >= 0.3 is 0 Å². The van der Waals surface area contributed by atoms with E-state index in [0.717, 1.165) is 12.8 Å². The molecule has 1 aliphatic rings. The number of hydrogen-bond donors (Lipinski definition) is 1. The van der Waals surface area contributed by atoms with Crippen molar-refractivity contribution >= 4 is 9.84 Å².